The monoisotopic (exact) mass is 466 g/mol. The van der Waals surface area contributed by atoms with Gasteiger partial charge in [0.1, 0.15) is 4.32 Å². The summed E-state index contributed by atoms with van der Waals surface area (Å²) >= 11 is 6.60. The lowest BCUT2D eigenvalue weighted by molar-refractivity contribution is -0.124. The Kier molecular flexibility index (Phi) is 8.29. The van der Waals surface area contributed by atoms with Gasteiger partial charge in [-0.25, -0.2) is 0 Å². The molecule has 1 saturated heterocycles. The zero-order chi connectivity index (χ0) is 22.9. The van der Waals surface area contributed by atoms with Crippen LogP contribution in [0.25, 0.3) is 6.08 Å². The normalized spacial score (nSPS) is 15.2. The van der Waals surface area contributed by atoms with Gasteiger partial charge in [-0.05, 0) is 42.7 Å². The molecule has 3 rings (SSSR count). The molecule has 0 radical (unpaired) electrons. The van der Waals surface area contributed by atoms with Crippen molar-refractivity contribution in [3.8, 4) is 0 Å². The predicted molar refractivity (Wildman–Crippen MR) is 129 cm³/mol. The Bertz CT molecular complexity index is 1070. The lowest BCUT2D eigenvalue weighted by Crippen LogP contribution is -2.41. The second-order valence-corrected chi connectivity index (χ2v) is 8.65. The van der Waals surface area contributed by atoms with Crippen LogP contribution in [-0.4, -0.2) is 38.5 Å². The van der Waals surface area contributed by atoms with E-state index in [-0.39, 0.29) is 18.2 Å². The standard InChI is InChI=1S/C23H22N4O3S2/c1-16(14-17-6-3-2-4-7-17)15-19-22(30)27(23(31)32-19)13-5-8-20(28)25-26-21(29)18-9-11-24-12-10-18/h2-4,6-7,9-12,14-15H,5,8,13H2,1H3,(H,25,28)(H,26,29). The highest BCUT2D eigenvalue weighted by molar-refractivity contribution is 8.26. The molecule has 0 saturated carbocycles. The summed E-state index contributed by atoms with van der Waals surface area (Å²) in [6.45, 7) is 2.26. The second-order valence-electron chi connectivity index (χ2n) is 6.97. The van der Waals surface area contributed by atoms with Gasteiger partial charge in [-0.15, -0.1) is 0 Å². The zero-order valence-electron chi connectivity index (χ0n) is 17.4. The average molecular weight is 467 g/mol. The topological polar surface area (TPSA) is 91.4 Å². The number of pyridine rings is 1. The quantitative estimate of drug-likeness (QED) is 0.369. The number of hydrogen-bond donors (Lipinski definition) is 2. The molecule has 0 atom stereocenters. The second kappa shape index (κ2) is 11.4. The first-order valence-corrected chi connectivity index (χ1v) is 11.1. The minimum Gasteiger partial charge on any atom is -0.293 e. The van der Waals surface area contributed by atoms with E-state index in [1.807, 2.05) is 49.4 Å². The number of carbonyl (C=O) groups excluding carboxylic acids is 3. The van der Waals surface area contributed by atoms with Crippen molar-refractivity contribution in [3.63, 3.8) is 0 Å². The van der Waals surface area contributed by atoms with Gasteiger partial charge >= 0.3 is 0 Å². The number of allylic oxidation sites excluding steroid dienone is 2. The van der Waals surface area contributed by atoms with E-state index < -0.39 is 5.91 Å². The van der Waals surface area contributed by atoms with E-state index in [4.69, 9.17) is 12.2 Å². The molecular formula is C23H22N4O3S2. The average Bonchev–Trinajstić information content (AvgIpc) is 3.05. The lowest BCUT2D eigenvalue weighted by Gasteiger charge is -2.14. The largest absolute Gasteiger partial charge is 0.293 e. The van der Waals surface area contributed by atoms with Crippen molar-refractivity contribution in [1.29, 1.82) is 0 Å². The molecule has 2 aromatic rings. The maximum absolute atomic E-state index is 12.7. The van der Waals surface area contributed by atoms with Crippen LogP contribution in [0.2, 0.25) is 0 Å². The Morgan fingerprint density at radius 2 is 1.84 bits per heavy atom. The van der Waals surface area contributed by atoms with Crippen LogP contribution in [-0.2, 0) is 9.59 Å². The van der Waals surface area contributed by atoms with Crippen LogP contribution in [0.5, 0.6) is 0 Å². The van der Waals surface area contributed by atoms with Crippen LogP contribution in [0.15, 0.2) is 71.4 Å². The third-order valence-corrected chi connectivity index (χ3v) is 5.85. The molecule has 0 bridgehead atoms. The summed E-state index contributed by atoms with van der Waals surface area (Å²) in [7, 11) is 0. The summed E-state index contributed by atoms with van der Waals surface area (Å²) in [5, 5.41) is 0. The Balaban J connectivity index is 1.46. The summed E-state index contributed by atoms with van der Waals surface area (Å²) in [5.74, 6) is -0.941. The van der Waals surface area contributed by atoms with Crippen LogP contribution in [0.3, 0.4) is 0 Å². The number of hydrazine groups is 1. The van der Waals surface area contributed by atoms with Gasteiger partial charge < -0.3 is 0 Å². The summed E-state index contributed by atoms with van der Waals surface area (Å²) in [5.41, 5.74) is 7.11. The van der Waals surface area contributed by atoms with Crippen LogP contribution >= 0.6 is 24.0 Å². The molecule has 3 amide bonds. The van der Waals surface area contributed by atoms with Gasteiger partial charge in [-0.2, -0.15) is 0 Å². The molecule has 164 valence electrons. The number of nitrogens with one attached hydrogen (secondary N) is 2. The van der Waals surface area contributed by atoms with Crippen LogP contribution < -0.4 is 10.9 Å². The van der Waals surface area contributed by atoms with E-state index in [0.717, 1.165) is 11.1 Å². The molecule has 1 aliphatic heterocycles. The molecule has 32 heavy (non-hydrogen) atoms. The van der Waals surface area contributed by atoms with E-state index in [1.165, 1.54) is 29.1 Å². The number of carbonyl (C=O) groups is 3. The van der Waals surface area contributed by atoms with Crippen molar-refractivity contribution in [3.05, 3.63) is 82.5 Å². The highest BCUT2D eigenvalue weighted by atomic mass is 32.2. The van der Waals surface area contributed by atoms with E-state index in [0.29, 0.717) is 27.8 Å². The SMILES string of the molecule is CC(=Cc1ccccc1)C=C1SC(=S)N(CCCC(=O)NNC(=O)c2ccncc2)C1=O. The maximum Gasteiger partial charge on any atom is 0.269 e. The summed E-state index contributed by atoms with van der Waals surface area (Å²) < 4.78 is 0.472. The Morgan fingerprint density at radius 1 is 1.12 bits per heavy atom. The number of hydrogen-bond acceptors (Lipinski definition) is 6. The number of benzene rings is 1. The summed E-state index contributed by atoms with van der Waals surface area (Å²) in [6, 6.07) is 12.9. The maximum atomic E-state index is 12.7. The van der Waals surface area contributed by atoms with E-state index in [2.05, 4.69) is 15.8 Å². The van der Waals surface area contributed by atoms with Crippen molar-refractivity contribution in [2.24, 2.45) is 0 Å². The fraction of sp³-hybridized carbons (Fsp3) is 0.174. The molecule has 0 spiro atoms. The third-order valence-electron chi connectivity index (χ3n) is 4.47. The number of thiocarbonyl (C=S) groups is 1. The molecule has 0 aliphatic carbocycles. The number of thioether (sulfide) groups is 1. The zero-order valence-corrected chi connectivity index (χ0v) is 19.0. The number of amides is 3. The van der Waals surface area contributed by atoms with Gasteiger partial charge in [0.15, 0.2) is 0 Å². The van der Waals surface area contributed by atoms with Gasteiger partial charge in [0.2, 0.25) is 5.91 Å². The minimum atomic E-state index is -0.429. The number of rotatable bonds is 7. The summed E-state index contributed by atoms with van der Waals surface area (Å²) in [6.07, 6.45) is 7.36. The fourth-order valence-electron chi connectivity index (χ4n) is 2.92. The first-order valence-electron chi connectivity index (χ1n) is 9.92. The molecule has 1 aliphatic rings. The van der Waals surface area contributed by atoms with Gasteiger partial charge in [-0.1, -0.05) is 60.4 Å². The highest BCUT2D eigenvalue weighted by Crippen LogP contribution is 2.32. The summed E-state index contributed by atoms with van der Waals surface area (Å²) in [4.78, 5) is 42.5. The molecule has 0 unspecified atom stereocenters. The lowest BCUT2D eigenvalue weighted by atomic mass is 10.1. The van der Waals surface area contributed by atoms with Crippen LogP contribution in [0, 0.1) is 0 Å². The minimum absolute atomic E-state index is 0.139. The van der Waals surface area contributed by atoms with E-state index in [9.17, 15) is 14.4 Å². The highest BCUT2D eigenvalue weighted by Gasteiger charge is 2.31. The number of aromatic nitrogens is 1. The van der Waals surface area contributed by atoms with Crippen molar-refractivity contribution in [2.45, 2.75) is 19.8 Å². The van der Waals surface area contributed by atoms with Crippen molar-refractivity contribution in [2.75, 3.05) is 6.54 Å². The molecule has 1 aromatic carbocycles. The van der Waals surface area contributed by atoms with Crippen molar-refractivity contribution in [1.82, 2.24) is 20.7 Å². The molecule has 1 fully saturated rings. The Labute approximate surface area is 195 Å². The van der Waals surface area contributed by atoms with Gasteiger partial charge in [0.25, 0.3) is 11.8 Å². The van der Waals surface area contributed by atoms with Gasteiger partial charge in [-0.3, -0.25) is 35.1 Å². The van der Waals surface area contributed by atoms with Gasteiger partial charge in [0.05, 0.1) is 4.91 Å². The fourth-order valence-corrected chi connectivity index (χ4v) is 4.27. The smallest absolute Gasteiger partial charge is 0.269 e. The molecule has 9 heteroatoms. The van der Waals surface area contributed by atoms with E-state index >= 15 is 0 Å². The third kappa shape index (κ3) is 6.60. The Morgan fingerprint density at radius 3 is 2.56 bits per heavy atom. The Hall–Kier alpha value is -3.30. The molecule has 2 N–H and O–H groups in total. The van der Waals surface area contributed by atoms with Crippen molar-refractivity contribution >= 4 is 52.1 Å². The predicted octanol–water partition coefficient (Wildman–Crippen LogP) is 3.47. The first kappa shape index (κ1) is 23.4. The number of nitrogens with zero attached hydrogens (tertiary/aromatic N) is 2. The molecule has 7 nitrogen and oxygen atoms in total. The first-order chi connectivity index (χ1) is 15.4. The molecular weight excluding hydrogens is 444 g/mol. The van der Waals surface area contributed by atoms with Crippen LogP contribution in [0.1, 0.15) is 35.7 Å². The molecule has 2 heterocycles. The molecule has 1 aromatic heterocycles. The van der Waals surface area contributed by atoms with Crippen LogP contribution in [0.4, 0.5) is 0 Å². The van der Waals surface area contributed by atoms with Gasteiger partial charge in [0, 0.05) is 30.9 Å². The van der Waals surface area contributed by atoms with E-state index in [1.54, 1.807) is 12.1 Å². The van der Waals surface area contributed by atoms with Crippen molar-refractivity contribution < 1.29 is 14.4 Å².